The molecule has 1 aromatic heterocycles. The number of nitrogens with zero attached hydrogens (tertiary/aromatic N) is 4. The van der Waals surface area contributed by atoms with Crippen molar-refractivity contribution in [2.75, 3.05) is 44.7 Å². The van der Waals surface area contributed by atoms with E-state index in [4.69, 9.17) is 4.74 Å². The number of carbonyl (C=O) groups excluding carboxylic acids is 1. The first-order valence-electron chi connectivity index (χ1n) is 10.3. The van der Waals surface area contributed by atoms with Crippen molar-refractivity contribution in [3.05, 3.63) is 42.7 Å². The molecular formula is C21H29N5O2. The minimum atomic E-state index is 0.00397. The van der Waals surface area contributed by atoms with Crippen molar-refractivity contribution in [1.29, 1.82) is 0 Å². The Morgan fingerprint density at radius 1 is 1.18 bits per heavy atom. The van der Waals surface area contributed by atoms with Gasteiger partial charge < -0.3 is 15.0 Å². The molecule has 4 rings (SSSR count). The van der Waals surface area contributed by atoms with Crippen molar-refractivity contribution in [2.45, 2.75) is 31.7 Å². The van der Waals surface area contributed by atoms with Crippen molar-refractivity contribution in [2.24, 2.45) is 0 Å². The highest BCUT2D eigenvalue weighted by Crippen LogP contribution is 2.22. The van der Waals surface area contributed by atoms with Crippen LogP contribution in [-0.2, 0) is 4.74 Å². The lowest BCUT2D eigenvalue weighted by Gasteiger charge is -2.37. The van der Waals surface area contributed by atoms with Crippen LogP contribution >= 0.6 is 0 Å². The fraction of sp³-hybridized carbons (Fsp3) is 0.524. The molecule has 0 unspecified atom stereocenters. The van der Waals surface area contributed by atoms with Crippen LogP contribution in [0.3, 0.4) is 0 Å². The number of likely N-dealkylation sites (tertiary alicyclic amines) is 1. The molecule has 3 heterocycles. The van der Waals surface area contributed by atoms with Crippen LogP contribution in [0.4, 0.5) is 10.5 Å². The Hall–Kier alpha value is -2.38. The minimum absolute atomic E-state index is 0.00397. The van der Waals surface area contributed by atoms with E-state index in [-0.39, 0.29) is 6.03 Å². The molecule has 2 fully saturated rings. The first-order chi connectivity index (χ1) is 13.8. The molecular weight excluding hydrogens is 354 g/mol. The molecule has 0 radical (unpaired) electrons. The van der Waals surface area contributed by atoms with Gasteiger partial charge in [0.25, 0.3) is 0 Å². The van der Waals surface area contributed by atoms with Gasteiger partial charge in [-0.1, -0.05) is 6.07 Å². The number of carbonyl (C=O) groups is 1. The summed E-state index contributed by atoms with van der Waals surface area (Å²) in [4.78, 5) is 17.5. The molecule has 0 saturated carbocycles. The number of rotatable bonds is 5. The average molecular weight is 383 g/mol. The van der Waals surface area contributed by atoms with Crippen LogP contribution in [0.5, 0.6) is 0 Å². The predicted octanol–water partition coefficient (Wildman–Crippen LogP) is 2.98. The van der Waals surface area contributed by atoms with Crippen LogP contribution in [0.25, 0.3) is 5.69 Å². The van der Waals surface area contributed by atoms with E-state index in [0.717, 1.165) is 70.0 Å². The van der Waals surface area contributed by atoms with E-state index in [1.54, 1.807) is 10.9 Å². The Labute approximate surface area is 166 Å². The van der Waals surface area contributed by atoms with E-state index in [0.29, 0.717) is 6.04 Å². The van der Waals surface area contributed by atoms with Crippen LogP contribution < -0.4 is 5.32 Å². The summed E-state index contributed by atoms with van der Waals surface area (Å²) < 4.78 is 7.22. The summed E-state index contributed by atoms with van der Waals surface area (Å²) in [6, 6.07) is 10.0. The number of amides is 2. The maximum absolute atomic E-state index is 13.0. The fourth-order valence-corrected chi connectivity index (χ4v) is 4.07. The van der Waals surface area contributed by atoms with Gasteiger partial charge in [-0.05, 0) is 49.9 Å². The van der Waals surface area contributed by atoms with Gasteiger partial charge in [-0.3, -0.25) is 4.90 Å². The van der Waals surface area contributed by atoms with Gasteiger partial charge in [-0.2, -0.15) is 5.10 Å². The molecule has 0 spiro atoms. The Balaban J connectivity index is 1.37. The second-order valence-electron chi connectivity index (χ2n) is 7.52. The normalized spacial score (nSPS) is 20.9. The monoisotopic (exact) mass is 383 g/mol. The van der Waals surface area contributed by atoms with Gasteiger partial charge in [0.2, 0.25) is 0 Å². The highest BCUT2D eigenvalue weighted by molar-refractivity contribution is 5.89. The van der Waals surface area contributed by atoms with Gasteiger partial charge in [-0.25, -0.2) is 9.48 Å². The number of nitrogens with one attached hydrogen (secondary N) is 1. The molecule has 7 nitrogen and oxygen atoms in total. The molecule has 2 aliphatic rings. The maximum atomic E-state index is 13.0. The summed E-state index contributed by atoms with van der Waals surface area (Å²) in [5, 5.41) is 7.35. The maximum Gasteiger partial charge on any atom is 0.322 e. The number of ether oxygens (including phenoxy) is 1. The van der Waals surface area contributed by atoms with Crippen molar-refractivity contribution in [3.8, 4) is 5.69 Å². The molecule has 2 aromatic rings. The molecule has 1 aromatic carbocycles. The number of aromatic nitrogens is 2. The molecule has 2 aliphatic heterocycles. The Morgan fingerprint density at radius 2 is 2.07 bits per heavy atom. The van der Waals surface area contributed by atoms with Gasteiger partial charge in [0.15, 0.2) is 0 Å². The van der Waals surface area contributed by atoms with E-state index in [9.17, 15) is 4.79 Å². The number of urea groups is 1. The number of hydrogen-bond donors (Lipinski definition) is 1. The highest BCUT2D eigenvalue weighted by Gasteiger charge is 2.27. The first kappa shape index (κ1) is 19.0. The van der Waals surface area contributed by atoms with E-state index < -0.39 is 0 Å². The van der Waals surface area contributed by atoms with Gasteiger partial charge in [0.05, 0.1) is 18.9 Å². The zero-order valence-corrected chi connectivity index (χ0v) is 16.3. The van der Waals surface area contributed by atoms with Gasteiger partial charge in [0, 0.05) is 50.3 Å². The van der Waals surface area contributed by atoms with Crippen LogP contribution in [0.1, 0.15) is 25.7 Å². The van der Waals surface area contributed by atoms with Crippen molar-refractivity contribution >= 4 is 11.7 Å². The lowest BCUT2D eigenvalue weighted by molar-refractivity contribution is 0.0329. The molecule has 28 heavy (non-hydrogen) atoms. The third-order valence-corrected chi connectivity index (χ3v) is 5.64. The van der Waals surface area contributed by atoms with Crippen LogP contribution in [-0.4, -0.2) is 71.0 Å². The minimum Gasteiger partial charge on any atom is -0.379 e. The number of hydrogen-bond acceptors (Lipinski definition) is 4. The van der Waals surface area contributed by atoms with Gasteiger partial charge >= 0.3 is 6.03 Å². The summed E-state index contributed by atoms with van der Waals surface area (Å²) in [7, 11) is 0. The van der Waals surface area contributed by atoms with Gasteiger partial charge in [0.1, 0.15) is 0 Å². The van der Waals surface area contributed by atoms with Gasteiger partial charge in [-0.15, -0.1) is 0 Å². The van der Waals surface area contributed by atoms with Crippen molar-refractivity contribution in [1.82, 2.24) is 19.6 Å². The second kappa shape index (κ2) is 9.21. The first-order valence-corrected chi connectivity index (χ1v) is 10.3. The molecule has 7 heteroatoms. The van der Waals surface area contributed by atoms with Crippen LogP contribution in [0.15, 0.2) is 42.7 Å². The SMILES string of the molecule is O=C(Nc1cccc(-n2cccn2)c1)N1CCCC[C@@H]1CCN1CCOCC1. The molecule has 2 saturated heterocycles. The third-order valence-electron chi connectivity index (χ3n) is 5.64. The Bertz CT molecular complexity index is 758. The third kappa shape index (κ3) is 4.72. The summed E-state index contributed by atoms with van der Waals surface area (Å²) in [5.41, 5.74) is 1.74. The standard InChI is InChI=1S/C21H29N5O2/c27-21(23-18-5-3-7-20(17-18)26-11-4-9-22-26)25-10-2-1-6-19(25)8-12-24-13-15-28-16-14-24/h3-5,7,9,11,17,19H,1-2,6,8,10,12-16H2,(H,23,27)/t19-/m1/s1. The highest BCUT2D eigenvalue weighted by atomic mass is 16.5. The second-order valence-corrected chi connectivity index (χ2v) is 7.52. The van der Waals surface area contributed by atoms with E-state index in [1.807, 2.05) is 41.4 Å². The number of morpholine rings is 1. The van der Waals surface area contributed by atoms with Crippen LogP contribution in [0.2, 0.25) is 0 Å². The lowest BCUT2D eigenvalue weighted by Crippen LogP contribution is -2.48. The van der Waals surface area contributed by atoms with Crippen LogP contribution in [0, 0.1) is 0 Å². The lowest BCUT2D eigenvalue weighted by atomic mass is 9.99. The quantitative estimate of drug-likeness (QED) is 0.862. The summed E-state index contributed by atoms with van der Waals surface area (Å²) in [5.74, 6) is 0. The smallest absolute Gasteiger partial charge is 0.322 e. The zero-order chi connectivity index (χ0) is 19.2. The summed E-state index contributed by atoms with van der Waals surface area (Å²) in [6.07, 6.45) is 8.04. The average Bonchev–Trinajstić information content (AvgIpc) is 3.28. The largest absolute Gasteiger partial charge is 0.379 e. The van der Waals surface area contributed by atoms with Crippen molar-refractivity contribution < 1.29 is 9.53 Å². The summed E-state index contributed by atoms with van der Waals surface area (Å²) >= 11 is 0. The number of piperidine rings is 1. The molecule has 0 aliphatic carbocycles. The predicted molar refractivity (Wildman–Crippen MR) is 109 cm³/mol. The zero-order valence-electron chi connectivity index (χ0n) is 16.3. The fourth-order valence-electron chi connectivity index (χ4n) is 4.07. The van der Waals surface area contributed by atoms with E-state index in [1.165, 1.54) is 6.42 Å². The molecule has 1 atom stereocenters. The summed E-state index contributed by atoms with van der Waals surface area (Å²) in [6.45, 7) is 5.51. The van der Waals surface area contributed by atoms with E-state index >= 15 is 0 Å². The Kier molecular flexibility index (Phi) is 6.24. The molecule has 0 bridgehead atoms. The number of anilines is 1. The Morgan fingerprint density at radius 3 is 2.89 bits per heavy atom. The van der Waals surface area contributed by atoms with E-state index in [2.05, 4.69) is 15.3 Å². The number of benzene rings is 1. The molecule has 2 amide bonds. The topological polar surface area (TPSA) is 62.6 Å². The molecule has 150 valence electrons. The van der Waals surface area contributed by atoms with Crippen molar-refractivity contribution in [3.63, 3.8) is 0 Å². The molecule has 1 N–H and O–H groups in total.